The lowest BCUT2D eigenvalue weighted by atomic mass is 10.3. The molecule has 70 valence electrons. The first-order valence-corrected chi connectivity index (χ1v) is 5.68. The first kappa shape index (κ1) is 11.8. The van der Waals surface area contributed by atoms with E-state index in [0.717, 1.165) is 4.99 Å². The fourth-order valence-corrected chi connectivity index (χ4v) is 2.22. The highest BCUT2D eigenvalue weighted by molar-refractivity contribution is 7.89. The molecule has 0 fully saturated rings. The lowest BCUT2D eigenvalue weighted by Crippen LogP contribution is -2.34. The third-order valence-electron chi connectivity index (χ3n) is 1.50. The maximum atomic E-state index is 11.2. The van der Waals surface area contributed by atoms with Gasteiger partial charge in [0.1, 0.15) is 0 Å². The number of allylic oxidation sites excluding steroid dienone is 1. The van der Waals surface area contributed by atoms with Crippen molar-refractivity contribution >= 4 is 28.0 Å². The van der Waals surface area contributed by atoms with Crippen LogP contribution in [0.2, 0.25) is 0 Å². The number of thiocarbonyl (C=S) groups is 1. The average molecular weight is 205 g/mol. The first-order chi connectivity index (χ1) is 5.50. The highest BCUT2D eigenvalue weighted by Gasteiger charge is 2.17. The Morgan fingerprint density at radius 3 is 2.50 bits per heavy atom. The molecule has 0 aliphatic heterocycles. The van der Waals surface area contributed by atoms with E-state index in [9.17, 15) is 4.21 Å². The summed E-state index contributed by atoms with van der Waals surface area (Å²) in [6, 6.07) is 0. The first-order valence-electron chi connectivity index (χ1n) is 3.65. The molecular formula is C8H15NOS2. The van der Waals surface area contributed by atoms with Gasteiger partial charge in [0.2, 0.25) is 0 Å². The summed E-state index contributed by atoms with van der Waals surface area (Å²) in [4.78, 5) is 2.56. The summed E-state index contributed by atoms with van der Waals surface area (Å²) >= 11 is 5.13. The normalized spacial score (nSPS) is 14.9. The Labute approximate surface area is 82.1 Å². The van der Waals surface area contributed by atoms with E-state index in [1.165, 1.54) is 0 Å². The fraction of sp³-hybridized carbons (Fsp3) is 0.625. The molecule has 0 saturated carbocycles. The number of rotatable bonds is 4. The third kappa shape index (κ3) is 3.45. The molecule has 0 aromatic heterocycles. The van der Waals surface area contributed by atoms with E-state index in [1.54, 1.807) is 12.3 Å². The molecule has 0 aliphatic rings. The van der Waals surface area contributed by atoms with E-state index < -0.39 is 10.8 Å². The van der Waals surface area contributed by atoms with Crippen LogP contribution in [0.5, 0.6) is 0 Å². The Morgan fingerprint density at radius 2 is 2.25 bits per heavy atom. The average Bonchev–Trinajstić information content (AvgIpc) is 1.98. The van der Waals surface area contributed by atoms with Crippen molar-refractivity contribution in [2.45, 2.75) is 11.7 Å². The Hall–Kier alpha value is -0.220. The Morgan fingerprint density at radius 1 is 1.75 bits per heavy atom. The van der Waals surface area contributed by atoms with Crippen LogP contribution in [0.4, 0.5) is 0 Å². The van der Waals surface area contributed by atoms with Crippen molar-refractivity contribution in [1.29, 1.82) is 0 Å². The SMILES string of the molecule is C=CC[C@H](C(=S)N(C)C)[S@](C)=O. The summed E-state index contributed by atoms with van der Waals surface area (Å²) in [5.74, 6) is 0. The zero-order valence-corrected chi connectivity index (χ0v) is 9.37. The summed E-state index contributed by atoms with van der Waals surface area (Å²) < 4.78 is 11.2. The molecule has 0 amide bonds. The lowest BCUT2D eigenvalue weighted by molar-refractivity contribution is 0.615. The number of hydrogen-bond acceptors (Lipinski definition) is 2. The summed E-state index contributed by atoms with van der Waals surface area (Å²) in [6.07, 6.45) is 4.10. The summed E-state index contributed by atoms with van der Waals surface area (Å²) in [6.45, 7) is 3.61. The number of nitrogens with zero attached hydrogens (tertiary/aromatic N) is 1. The molecule has 0 unspecified atom stereocenters. The number of hydrogen-bond donors (Lipinski definition) is 0. The van der Waals surface area contributed by atoms with Crippen LogP contribution < -0.4 is 0 Å². The van der Waals surface area contributed by atoms with Crippen molar-refractivity contribution in [3.8, 4) is 0 Å². The fourth-order valence-electron chi connectivity index (χ4n) is 0.818. The quantitative estimate of drug-likeness (QED) is 0.508. The molecule has 12 heavy (non-hydrogen) atoms. The van der Waals surface area contributed by atoms with Gasteiger partial charge in [0.25, 0.3) is 0 Å². The third-order valence-corrected chi connectivity index (χ3v) is 3.51. The summed E-state index contributed by atoms with van der Waals surface area (Å²) in [5.41, 5.74) is 0. The predicted octanol–water partition coefficient (Wildman–Crippen LogP) is 1.20. The maximum absolute atomic E-state index is 11.2. The van der Waals surface area contributed by atoms with Crippen molar-refractivity contribution in [3.05, 3.63) is 12.7 Å². The van der Waals surface area contributed by atoms with Crippen molar-refractivity contribution in [2.75, 3.05) is 20.4 Å². The lowest BCUT2D eigenvalue weighted by Gasteiger charge is -2.20. The van der Waals surface area contributed by atoms with Crippen LogP contribution in [0.25, 0.3) is 0 Å². The van der Waals surface area contributed by atoms with Gasteiger partial charge in [0.05, 0.1) is 10.2 Å². The monoisotopic (exact) mass is 205 g/mol. The van der Waals surface area contributed by atoms with Crippen LogP contribution in [-0.2, 0) is 10.8 Å². The van der Waals surface area contributed by atoms with Gasteiger partial charge < -0.3 is 4.90 Å². The van der Waals surface area contributed by atoms with Gasteiger partial charge in [-0.25, -0.2) is 0 Å². The minimum atomic E-state index is -0.908. The standard InChI is InChI=1S/C8H15NOS2/c1-5-6-7(12(4)10)8(11)9(2)3/h5,7H,1,6H2,2-4H3/t7-,12+/m1/s1. The zero-order valence-electron chi connectivity index (χ0n) is 7.74. The van der Waals surface area contributed by atoms with Crippen LogP contribution in [0.3, 0.4) is 0 Å². The van der Waals surface area contributed by atoms with Crippen LogP contribution in [0.15, 0.2) is 12.7 Å². The molecule has 0 aliphatic carbocycles. The summed E-state index contributed by atoms with van der Waals surface area (Å²) in [7, 11) is 2.82. The van der Waals surface area contributed by atoms with Gasteiger partial charge in [-0.1, -0.05) is 18.3 Å². The maximum Gasteiger partial charge on any atom is 0.0935 e. The van der Waals surface area contributed by atoms with Gasteiger partial charge in [-0.15, -0.1) is 6.58 Å². The molecule has 0 aromatic carbocycles. The molecule has 0 heterocycles. The van der Waals surface area contributed by atoms with Gasteiger partial charge in [-0.05, 0) is 6.42 Å². The molecule has 0 saturated heterocycles. The van der Waals surface area contributed by atoms with E-state index in [4.69, 9.17) is 12.2 Å². The van der Waals surface area contributed by atoms with Gasteiger partial charge in [-0.2, -0.15) is 0 Å². The second-order valence-electron chi connectivity index (χ2n) is 2.74. The van der Waals surface area contributed by atoms with Gasteiger partial charge in [-0.3, -0.25) is 4.21 Å². The van der Waals surface area contributed by atoms with Crippen molar-refractivity contribution in [3.63, 3.8) is 0 Å². The minimum Gasteiger partial charge on any atom is -0.371 e. The van der Waals surface area contributed by atoms with Crippen LogP contribution in [-0.4, -0.2) is 39.7 Å². The topological polar surface area (TPSA) is 20.3 Å². The Kier molecular flexibility index (Phi) is 5.33. The molecule has 2 nitrogen and oxygen atoms in total. The smallest absolute Gasteiger partial charge is 0.0935 e. The molecule has 2 atom stereocenters. The highest BCUT2D eigenvalue weighted by Crippen LogP contribution is 2.06. The summed E-state index contributed by atoms with van der Waals surface area (Å²) in [5, 5.41) is -0.0625. The van der Waals surface area contributed by atoms with E-state index >= 15 is 0 Å². The van der Waals surface area contributed by atoms with Crippen LogP contribution in [0.1, 0.15) is 6.42 Å². The van der Waals surface area contributed by atoms with Crippen molar-refractivity contribution in [1.82, 2.24) is 4.90 Å². The van der Waals surface area contributed by atoms with E-state index in [0.29, 0.717) is 6.42 Å². The van der Waals surface area contributed by atoms with E-state index in [2.05, 4.69) is 6.58 Å². The molecule has 4 heteroatoms. The Bertz CT molecular complexity index is 201. The molecule has 0 spiro atoms. The largest absolute Gasteiger partial charge is 0.371 e. The zero-order chi connectivity index (χ0) is 9.72. The molecule has 0 N–H and O–H groups in total. The predicted molar refractivity (Wildman–Crippen MR) is 59.0 cm³/mol. The molecular weight excluding hydrogens is 190 g/mol. The highest BCUT2D eigenvalue weighted by atomic mass is 32.2. The van der Waals surface area contributed by atoms with Crippen LogP contribution in [0, 0.1) is 0 Å². The van der Waals surface area contributed by atoms with E-state index in [1.807, 2.05) is 19.0 Å². The molecule has 0 rings (SSSR count). The van der Waals surface area contributed by atoms with Crippen LogP contribution >= 0.6 is 12.2 Å². The second-order valence-corrected chi connectivity index (χ2v) is 4.73. The van der Waals surface area contributed by atoms with Gasteiger partial charge in [0.15, 0.2) is 0 Å². The molecule has 0 aromatic rings. The van der Waals surface area contributed by atoms with Crippen molar-refractivity contribution in [2.24, 2.45) is 0 Å². The van der Waals surface area contributed by atoms with E-state index in [-0.39, 0.29) is 5.25 Å². The minimum absolute atomic E-state index is 0.0625. The second kappa shape index (κ2) is 5.43. The molecule has 0 bridgehead atoms. The van der Waals surface area contributed by atoms with Crippen molar-refractivity contribution < 1.29 is 4.21 Å². The van der Waals surface area contributed by atoms with Gasteiger partial charge >= 0.3 is 0 Å². The molecule has 0 radical (unpaired) electrons. The Balaban J connectivity index is 4.39. The van der Waals surface area contributed by atoms with Gasteiger partial charge in [0, 0.05) is 31.2 Å².